The summed E-state index contributed by atoms with van der Waals surface area (Å²) in [5.41, 5.74) is 7.03. The van der Waals surface area contributed by atoms with Crippen molar-refractivity contribution in [1.29, 1.82) is 0 Å². The molecule has 0 fully saturated rings. The minimum absolute atomic E-state index is 0.196. The summed E-state index contributed by atoms with van der Waals surface area (Å²) in [6.45, 7) is 11.2. The van der Waals surface area contributed by atoms with E-state index in [9.17, 15) is 0 Å². The molecule has 0 heteroatoms. The van der Waals surface area contributed by atoms with Gasteiger partial charge in [-0.2, -0.15) is 0 Å². The van der Waals surface area contributed by atoms with Crippen LogP contribution in [0.15, 0.2) is 42.5 Å². The normalized spacial score (nSPS) is 11.6. The van der Waals surface area contributed by atoms with E-state index >= 15 is 0 Å². The minimum Gasteiger partial charge on any atom is -0.0622 e. The molecular formula is C18H22. The van der Waals surface area contributed by atoms with E-state index in [1.807, 2.05) is 0 Å². The molecule has 0 amide bonds. The molecule has 0 saturated carbocycles. The van der Waals surface area contributed by atoms with Crippen LogP contribution in [-0.4, -0.2) is 0 Å². The maximum absolute atomic E-state index is 2.36. The molecule has 2 aromatic carbocycles. The summed E-state index contributed by atoms with van der Waals surface area (Å²) in [4.78, 5) is 0. The quantitative estimate of drug-likeness (QED) is 0.635. The van der Waals surface area contributed by atoms with E-state index in [4.69, 9.17) is 0 Å². The van der Waals surface area contributed by atoms with E-state index in [0.29, 0.717) is 0 Å². The first-order chi connectivity index (χ1) is 8.39. The second kappa shape index (κ2) is 4.61. The van der Waals surface area contributed by atoms with Crippen LogP contribution in [-0.2, 0) is 5.41 Å². The molecular weight excluding hydrogens is 216 g/mol. The van der Waals surface area contributed by atoms with Crippen molar-refractivity contribution in [3.63, 3.8) is 0 Å². The predicted molar refractivity (Wildman–Crippen MR) is 80.1 cm³/mol. The number of hydrogen-bond donors (Lipinski definition) is 0. The Balaban J connectivity index is 2.63. The third-order valence-electron chi connectivity index (χ3n) is 3.46. The van der Waals surface area contributed by atoms with Crippen molar-refractivity contribution in [3.8, 4) is 11.1 Å². The van der Waals surface area contributed by atoms with Gasteiger partial charge < -0.3 is 0 Å². The standard InChI is InChI=1S/C18H22/c1-13-11-14(2)17(18(3,4)5)12-16(13)15-9-7-6-8-10-15/h6-12H,1-5H3. The summed E-state index contributed by atoms with van der Waals surface area (Å²) < 4.78 is 0. The van der Waals surface area contributed by atoms with Crippen molar-refractivity contribution >= 4 is 0 Å². The minimum atomic E-state index is 0.196. The molecule has 0 aromatic heterocycles. The van der Waals surface area contributed by atoms with Gasteiger partial charge in [0.1, 0.15) is 0 Å². The highest BCUT2D eigenvalue weighted by Crippen LogP contribution is 2.32. The predicted octanol–water partition coefficient (Wildman–Crippen LogP) is 5.27. The van der Waals surface area contributed by atoms with E-state index in [1.165, 1.54) is 27.8 Å². The fourth-order valence-corrected chi connectivity index (χ4v) is 2.59. The molecule has 0 bridgehead atoms. The Bertz CT molecular complexity index is 542. The number of aryl methyl sites for hydroxylation is 2. The summed E-state index contributed by atoms with van der Waals surface area (Å²) in [5.74, 6) is 0. The smallest absolute Gasteiger partial charge is 0.0129 e. The molecule has 2 rings (SSSR count). The average Bonchev–Trinajstić information content (AvgIpc) is 2.28. The van der Waals surface area contributed by atoms with Crippen LogP contribution < -0.4 is 0 Å². The number of hydrogen-bond acceptors (Lipinski definition) is 0. The topological polar surface area (TPSA) is 0 Å². The Hall–Kier alpha value is -1.56. The van der Waals surface area contributed by atoms with Crippen LogP contribution in [0.25, 0.3) is 11.1 Å². The SMILES string of the molecule is Cc1cc(C)c(C(C)(C)C)cc1-c1ccccc1. The fraction of sp³-hybridized carbons (Fsp3) is 0.333. The molecule has 0 radical (unpaired) electrons. The first kappa shape index (κ1) is 12.9. The van der Waals surface area contributed by atoms with Crippen molar-refractivity contribution in [1.82, 2.24) is 0 Å². The fourth-order valence-electron chi connectivity index (χ4n) is 2.59. The van der Waals surface area contributed by atoms with Crippen molar-refractivity contribution < 1.29 is 0 Å². The molecule has 94 valence electrons. The van der Waals surface area contributed by atoms with Crippen LogP contribution >= 0.6 is 0 Å². The molecule has 0 aliphatic rings. The molecule has 0 N–H and O–H groups in total. The van der Waals surface area contributed by atoms with Gasteiger partial charge in [0.05, 0.1) is 0 Å². The third-order valence-corrected chi connectivity index (χ3v) is 3.46. The van der Waals surface area contributed by atoms with Gasteiger partial charge in [-0.3, -0.25) is 0 Å². The van der Waals surface area contributed by atoms with Crippen LogP contribution in [0.5, 0.6) is 0 Å². The summed E-state index contributed by atoms with van der Waals surface area (Å²) in [7, 11) is 0. The largest absolute Gasteiger partial charge is 0.0622 e. The lowest BCUT2D eigenvalue weighted by molar-refractivity contribution is 0.586. The summed E-state index contributed by atoms with van der Waals surface area (Å²) >= 11 is 0. The van der Waals surface area contributed by atoms with E-state index in [-0.39, 0.29) is 5.41 Å². The molecule has 0 atom stereocenters. The number of benzene rings is 2. The maximum Gasteiger partial charge on any atom is -0.0129 e. The highest BCUT2D eigenvalue weighted by atomic mass is 14.2. The molecule has 0 heterocycles. The lowest BCUT2D eigenvalue weighted by Crippen LogP contribution is -2.13. The Morgan fingerprint density at radius 1 is 0.778 bits per heavy atom. The highest BCUT2D eigenvalue weighted by Gasteiger charge is 2.18. The van der Waals surface area contributed by atoms with Crippen molar-refractivity contribution in [2.24, 2.45) is 0 Å². The molecule has 0 aliphatic carbocycles. The monoisotopic (exact) mass is 238 g/mol. The van der Waals surface area contributed by atoms with E-state index in [1.54, 1.807) is 0 Å². The summed E-state index contributed by atoms with van der Waals surface area (Å²) in [6.07, 6.45) is 0. The zero-order valence-corrected chi connectivity index (χ0v) is 12.0. The van der Waals surface area contributed by atoms with Gasteiger partial charge in [0.2, 0.25) is 0 Å². The molecule has 0 nitrogen and oxygen atoms in total. The van der Waals surface area contributed by atoms with Crippen LogP contribution in [0.1, 0.15) is 37.5 Å². The average molecular weight is 238 g/mol. The van der Waals surface area contributed by atoms with Gasteiger partial charge in [-0.25, -0.2) is 0 Å². The van der Waals surface area contributed by atoms with Gasteiger partial charge in [-0.15, -0.1) is 0 Å². The zero-order chi connectivity index (χ0) is 13.3. The maximum atomic E-state index is 2.36. The second-order valence-electron chi connectivity index (χ2n) is 6.10. The molecule has 2 aromatic rings. The molecule has 0 spiro atoms. The summed E-state index contributed by atoms with van der Waals surface area (Å²) in [6, 6.07) is 15.3. The Morgan fingerprint density at radius 3 is 1.94 bits per heavy atom. The van der Waals surface area contributed by atoms with Gasteiger partial charge >= 0.3 is 0 Å². The van der Waals surface area contributed by atoms with Gasteiger partial charge in [0.25, 0.3) is 0 Å². The van der Waals surface area contributed by atoms with Gasteiger partial charge in [0.15, 0.2) is 0 Å². The Kier molecular flexibility index (Phi) is 3.30. The number of rotatable bonds is 1. The molecule has 18 heavy (non-hydrogen) atoms. The molecule has 0 aliphatic heterocycles. The van der Waals surface area contributed by atoms with Crippen LogP contribution in [0.4, 0.5) is 0 Å². The van der Waals surface area contributed by atoms with E-state index in [2.05, 4.69) is 77.1 Å². The van der Waals surface area contributed by atoms with Crippen LogP contribution in [0, 0.1) is 13.8 Å². The van der Waals surface area contributed by atoms with Crippen LogP contribution in [0.2, 0.25) is 0 Å². The van der Waals surface area contributed by atoms with Gasteiger partial charge in [-0.1, -0.05) is 63.2 Å². The van der Waals surface area contributed by atoms with Crippen LogP contribution in [0.3, 0.4) is 0 Å². The molecule has 0 unspecified atom stereocenters. The Labute approximate surface area is 111 Å². The van der Waals surface area contributed by atoms with Gasteiger partial charge in [-0.05, 0) is 47.1 Å². The lowest BCUT2D eigenvalue weighted by Gasteiger charge is -2.24. The molecule has 0 saturated heterocycles. The first-order valence-corrected chi connectivity index (χ1v) is 6.57. The lowest BCUT2D eigenvalue weighted by atomic mass is 9.81. The third kappa shape index (κ3) is 2.48. The zero-order valence-electron chi connectivity index (χ0n) is 12.0. The summed E-state index contributed by atoms with van der Waals surface area (Å²) in [5, 5.41) is 0. The van der Waals surface area contributed by atoms with E-state index in [0.717, 1.165) is 0 Å². The van der Waals surface area contributed by atoms with Gasteiger partial charge in [0, 0.05) is 0 Å². The van der Waals surface area contributed by atoms with Crippen molar-refractivity contribution in [2.45, 2.75) is 40.0 Å². The Morgan fingerprint density at radius 2 is 1.39 bits per heavy atom. The van der Waals surface area contributed by atoms with Crippen molar-refractivity contribution in [3.05, 3.63) is 59.2 Å². The first-order valence-electron chi connectivity index (χ1n) is 6.57. The highest BCUT2D eigenvalue weighted by molar-refractivity contribution is 5.69. The van der Waals surface area contributed by atoms with Crippen molar-refractivity contribution in [2.75, 3.05) is 0 Å². The van der Waals surface area contributed by atoms with E-state index < -0.39 is 0 Å². The second-order valence-corrected chi connectivity index (χ2v) is 6.10.